The van der Waals surface area contributed by atoms with Gasteiger partial charge in [0.15, 0.2) is 5.78 Å². The molecule has 0 saturated carbocycles. The number of carbonyl (C=O) groups excluding carboxylic acids is 1. The van der Waals surface area contributed by atoms with Crippen molar-refractivity contribution in [3.05, 3.63) is 40.6 Å². The van der Waals surface area contributed by atoms with Crippen LogP contribution >= 0.6 is 15.9 Å². The first-order valence-corrected chi connectivity index (χ1v) is 5.71. The molecule has 0 unspecified atom stereocenters. The minimum atomic E-state index is 0.0774. The third-order valence-corrected chi connectivity index (χ3v) is 2.71. The molecule has 0 aliphatic rings. The van der Waals surface area contributed by atoms with Crippen LogP contribution in [0.3, 0.4) is 0 Å². The van der Waals surface area contributed by atoms with Crippen LogP contribution in [0.1, 0.15) is 23.7 Å². The van der Waals surface area contributed by atoms with Gasteiger partial charge in [-0.05, 0) is 18.2 Å². The molecule has 82 valence electrons. The average Bonchev–Trinajstić information content (AvgIpc) is 2.81. The SMILES string of the molecule is CCC(=O)c1cc(Br)ccc1-n1nccn1. The second-order valence-electron chi connectivity index (χ2n) is 3.26. The number of rotatable bonds is 3. The first-order chi connectivity index (χ1) is 7.72. The molecule has 4 nitrogen and oxygen atoms in total. The van der Waals surface area contributed by atoms with Crippen molar-refractivity contribution in [3.8, 4) is 5.69 Å². The van der Waals surface area contributed by atoms with E-state index < -0.39 is 0 Å². The number of benzene rings is 1. The molecule has 0 amide bonds. The Morgan fingerprint density at radius 3 is 2.69 bits per heavy atom. The lowest BCUT2D eigenvalue weighted by atomic mass is 10.1. The van der Waals surface area contributed by atoms with E-state index in [2.05, 4.69) is 26.1 Å². The topological polar surface area (TPSA) is 47.8 Å². The van der Waals surface area contributed by atoms with Crippen molar-refractivity contribution in [2.45, 2.75) is 13.3 Å². The van der Waals surface area contributed by atoms with Gasteiger partial charge in [0.05, 0.1) is 18.1 Å². The lowest BCUT2D eigenvalue weighted by Crippen LogP contribution is -2.07. The average molecular weight is 280 g/mol. The molecule has 2 rings (SSSR count). The third-order valence-electron chi connectivity index (χ3n) is 2.21. The van der Waals surface area contributed by atoms with Crippen molar-refractivity contribution in [2.75, 3.05) is 0 Å². The Hall–Kier alpha value is -1.49. The molecule has 0 bridgehead atoms. The van der Waals surface area contributed by atoms with Gasteiger partial charge in [0.1, 0.15) is 0 Å². The van der Waals surface area contributed by atoms with Crippen LogP contribution < -0.4 is 0 Å². The molecular weight excluding hydrogens is 270 g/mol. The molecule has 0 aliphatic heterocycles. The number of Topliss-reactive ketones (excluding diaryl/α,β-unsaturated/α-hetero) is 1. The van der Waals surface area contributed by atoms with Crippen LogP contribution in [0.5, 0.6) is 0 Å². The maximum Gasteiger partial charge on any atom is 0.164 e. The molecule has 5 heteroatoms. The Kier molecular flexibility index (Phi) is 3.14. The molecule has 16 heavy (non-hydrogen) atoms. The predicted molar refractivity (Wildman–Crippen MR) is 63.7 cm³/mol. The number of aromatic nitrogens is 3. The summed E-state index contributed by atoms with van der Waals surface area (Å²) in [4.78, 5) is 13.2. The summed E-state index contributed by atoms with van der Waals surface area (Å²) in [6, 6.07) is 5.49. The fourth-order valence-corrected chi connectivity index (χ4v) is 1.80. The Labute approximate surface area is 101 Å². The largest absolute Gasteiger partial charge is 0.294 e. The van der Waals surface area contributed by atoms with Gasteiger partial charge < -0.3 is 0 Å². The fourth-order valence-electron chi connectivity index (χ4n) is 1.44. The summed E-state index contributed by atoms with van der Waals surface area (Å²) < 4.78 is 0.875. The van der Waals surface area contributed by atoms with E-state index in [-0.39, 0.29) is 5.78 Å². The van der Waals surface area contributed by atoms with Crippen LogP contribution in [-0.4, -0.2) is 20.8 Å². The van der Waals surface area contributed by atoms with Crippen molar-refractivity contribution in [2.24, 2.45) is 0 Å². The Morgan fingerprint density at radius 1 is 1.38 bits per heavy atom. The number of carbonyl (C=O) groups is 1. The van der Waals surface area contributed by atoms with Gasteiger partial charge in [0.2, 0.25) is 0 Å². The summed E-state index contributed by atoms with van der Waals surface area (Å²) >= 11 is 3.35. The minimum absolute atomic E-state index is 0.0774. The zero-order chi connectivity index (χ0) is 11.5. The molecule has 0 saturated heterocycles. The molecule has 0 aliphatic carbocycles. The molecule has 0 spiro atoms. The molecule has 0 atom stereocenters. The van der Waals surface area contributed by atoms with E-state index in [9.17, 15) is 4.79 Å². The van der Waals surface area contributed by atoms with Crippen molar-refractivity contribution >= 4 is 21.7 Å². The summed E-state index contributed by atoms with van der Waals surface area (Å²) in [7, 11) is 0. The van der Waals surface area contributed by atoms with Gasteiger partial charge in [-0.1, -0.05) is 22.9 Å². The highest BCUT2D eigenvalue weighted by Crippen LogP contribution is 2.20. The van der Waals surface area contributed by atoms with Crippen LogP contribution in [0, 0.1) is 0 Å². The quantitative estimate of drug-likeness (QED) is 0.812. The van der Waals surface area contributed by atoms with Gasteiger partial charge >= 0.3 is 0 Å². The molecule has 0 N–H and O–H groups in total. The summed E-state index contributed by atoms with van der Waals surface area (Å²) in [5.41, 5.74) is 1.34. The van der Waals surface area contributed by atoms with Crippen molar-refractivity contribution in [1.82, 2.24) is 15.0 Å². The predicted octanol–water partition coefficient (Wildman–Crippen LogP) is 2.62. The van der Waals surface area contributed by atoms with Crippen LogP contribution in [-0.2, 0) is 0 Å². The maximum absolute atomic E-state index is 11.8. The Bertz CT molecular complexity index is 508. The van der Waals surface area contributed by atoms with Gasteiger partial charge in [0, 0.05) is 16.5 Å². The van der Waals surface area contributed by atoms with E-state index in [0.717, 1.165) is 4.47 Å². The van der Waals surface area contributed by atoms with Crippen LogP contribution in [0.25, 0.3) is 5.69 Å². The van der Waals surface area contributed by atoms with E-state index in [1.54, 1.807) is 18.5 Å². The van der Waals surface area contributed by atoms with E-state index in [0.29, 0.717) is 17.7 Å². The summed E-state index contributed by atoms with van der Waals surface area (Å²) in [6.45, 7) is 1.84. The van der Waals surface area contributed by atoms with Gasteiger partial charge in [0.25, 0.3) is 0 Å². The van der Waals surface area contributed by atoms with Gasteiger partial charge in [-0.15, -0.1) is 0 Å². The van der Waals surface area contributed by atoms with Gasteiger partial charge in [-0.2, -0.15) is 15.0 Å². The molecule has 1 aromatic carbocycles. The summed E-state index contributed by atoms with van der Waals surface area (Å²) in [5.74, 6) is 0.0774. The minimum Gasteiger partial charge on any atom is -0.294 e. The molecule has 2 aromatic rings. The number of nitrogens with zero attached hydrogens (tertiary/aromatic N) is 3. The zero-order valence-corrected chi connectivity index (χ0v) is 10.3. The van der Waals surface area contributed by atoms with Crippen LogP contribution in [0.2, 0.25) is 0 Å². The van der Waals surface area contributed by atoms with E-state index in [1.165, 1.54) is 4.80 Å². The fraction of sp³-hybridized carbons (Fsp3) is 0.182. The Balaban J connectivity index is 2.57. The van der Waals surface area contributed by atoms with E-state index in [1.807, 2.05) is 19.1 Å². The smallest absolute Gasteiger partial charge is 0.164 e. The Morgan fingerprint density at radius 2 is 2.06 bits per heavy atom. The first-order valence-electron chi connectivity index (χ1n) is 4.92. The molecule has 1 heterocycles. The highest BCUT2D eigenvalue weighted by atomic mass is 79.9. The van der Waals surface area contributed by atoms with Crippen molar-refractivity contribution in [3.63, 3.8) is 0 Å². The number of halogens is 1. The number of hydrogen-bond donors (Lipinski definition) is 0. The summed E-state index contributed by atoms with van der Waals surface area (Å²) in [5, 5.41) is 8.06. The molecular formula is C11H10BrN3O. The molecule has 0 radical (unpaired) electrons. The number of hydrogen-bond acceptors (Lipinski definition) is 3. The summed E-state index contributed by atoms with van der Waals surface area (Å²) in [6.07, 6.45) is 3.63. The first kappa shape index (κ1) is 11.0. The van der Waals surface area contributed by atoms with Crippen molar-refractivity contribution < 1.29 is 4.79 Å². The van der Waals surface area contributed by atoms with Gasteiger partial charge in [-0.25, -0.2) is 0 Å². The maximum atomic E-state index is 11.8. The molecule has 1 aromatic heterocycles. The lowest BCUT2D eigenvalue weighted by Gasteiger charge is -2.07. The highest BCUT2D eigenvalue weighted by Gasteiger charge is 2.12. The second kappa shape index (κ2) is 4.57. The molecule has 0 fully saturated rings. The van der Waals surface area contributed by atoms with Crippen molar-refractivity contribution in [1.29, 1.82) is 0 Å². The van der Waals surface area contributed by atoms with E-state index in [4.69, 9.17) is 0 Å². The number of ketones is 1. The highest BCUT2D eigenvalue weighted by molar-refractivity contribution is 9.10. The monoisotopic (exact) mass is 279 g/mol. The van der Waals surface area contributed by atoms with E-state index >= 15 is 0 Å². The lowest BCUT2D eigenvalue weighted by molar-refractivity contribution is 0.0988. The second-order valence-corrected chi connectivity index (χ2v) is 4.17. The van der Waals surface area contributed by atoms with Gasteiger partial charge in [-0.3, -0.25) is 4.79 Å². The zero-order valence-electron chi connectivity index (χ0n) is 8.72. The van der Waals surface area contributed by atoms with Crippen LogP contribution in [0.4, 0.5) is 0 Å². The third kappa shape index (κ3) is 2.04. The standard InChI is InChI=1S/C11H10BrN3O/c1-2-11(16)9-7-8(12)3-4-10(9)15-13-5-6-14-15/h3-7H,2H2,1H3. The van der Waals surface area contributed by atoms with Crippen LogP contribution in [0.15, 0.2) is 35.1 Å². The normalized spacial score (nSPS) is 10.4.